The van der Waals surface area contributed by atoms with E-state index >= 15 is 0 Å². The number of rotatable bonds is 6. The van der Waals surface area contributed by atoms with Crippen molar-refractivity contribution in [2.75, 3.05) is 0 Å². The van der Waals surface area contributed by atoms with Gasteiger partial charge < -0.3 is 4.74 Å². The molecule has 34 heavy (non-hydrogen) atoms. The monoisotopic (exact) mass is 446 g/mol. The fourth-order valence-electron chi connectivity index (χ4n) is 5.15. The minimum Gasteiger partial charge on any atom is -0.488 e. The van der Waals surface area contributed by atoms with Crippen molar-refractivity contribution >= 4 is 16.3 Å². The number of hydrogen-bond acceptors (Lipinski definition) is 1. The highest BCUT2D eigenvalue weighted by Crippen LogP contribution is 2.45. The van der Waals surface area contributed by atoms with E-state index in [1.165, 1.54) is 49.7 Å². The maximum absolute atomic E-state index is 6.58. The molecular formula is C33H34O. The van der Waals surface area contributed by atoms with Gasteiger partial charge in [0.15, 0.2) is 0 Å². The molecule has 172 valence electrons. The predicted molar refractivity (Wildman–Crippen MR) is 144 cm³/mol. The third-order valence-electron chi connectivity index (χ3n) is 6.95. The minimum absolute atomic E-state index is 0.156. The first-order valence-electron chi connectivity index (χ1n) is 12.5. The first-order valence-corrected chi connectivity index (χ1v) is 12.5. The molecule has 0 fully saturated rings. The molecule has 0 N–H and O–H groups in total. The van der Waals surface area contributed by atoms with Crippen molar-refractivity contribution in [3.63, 3.8) is 0 Å². The molecule has 0 spiro atoms. The van der Waals surface area contributed by atoms with E-state index in [1.807, 2.05) is 0 Å². The molecule has 0 amide bonds. The number of fused-ring (bicyclic) bond motifs is 2. The molecule has 0 saturated heterocycles. The van der Waals surface area contributed by atoms with Gasteiger partial charge in [0.25, 0.3) is 0 Å². The standard InChI is InChI=1S/C33H34O/c1-5-10-26-21-25-12-7-9-14-29(25)31(26)32-28-13-8-6-11-24(28)17-20-30(32)34-22-23-15-18-27(19-16-23)33(2,3)4/h6-9,11-20H,5,10,21-22H2,1-4H3. The first kappa shape index (κ1) is 22.5. The Morgan fingerprint density at radius 3 is 2.29 bits per heavy atom. The van der Waals surface area contributed by atoms with Gasteiger partial charge in [-0.1, -0.05) is 119 Å². The van der Waals surface area contributed by atoms with Gasteiger partial charge in [0.2, 0.25) is 0 Å². The minimum atomic E-state index is 0.156. The SMILES string of the molecule is CCCC1=C(c2c(OCc3ccc(C(C)(C)C)cc3)ccc3ccccc23)c2ccccc2C1. The van der Waals surface area contributed by atoms with Crippen LogP contribution in [0.4, 0.5) is 0 Å². The average Bonchev–Trinajstić information content (AvgIpc) is 3.20. The van der Waals surface area contributed by atoms with E-state index < -0.39 is 0 Å². The molecule has 0 aliphatic heterocycles. The van der Waals surface area contributed by atoms with Crippen molar-refractivity contribution < 1.29 is 4.74 Å². The molecule has 0 bridgehead atoms. The number of ether oxygens (including phenoxy) is 1. The average molecular weight is 447 g/mol. The molecule has 4 aromatic rings. The lowest BCUT2D eigenvalue weighted by molar-refractivity contribution is 0.306. The van der Waals surface area contributed by atoms with Gasteiger partial charge in [-0.3, -0.25) is 0 Å². The summed E-state index contributed by atoms with van der Waals surface area (Å²) in [6.45, 7) is 9.59. The zero-order valence-corrected chi connectivity index (χ0v) is 20.8. The van der Waals surface area contributed by atoms with Gasteiger partial charge in [0.1, 0.15) is 12.4 Å². The Morgan fingerprint density at radius 1 is 0.794 bits per heavy atom. The zero-order chi connectivity index (χ0) is 23.7. The van der Waals surface area contributed by atoms with E-state index in [-0.39, 0.29) is 5.41 Å². The van der Waals surface area contributed by atoms with Gasteiger partial charge in [-0.25, -0.2) is 0 Å². The third-order valence-corrected chi connectivity index (χ3v) is 6.95. The maximum atomic E-state index is 6.58. The Hall–Kier alpha value is -3.32. The lowest BCUT2D eigenvalue weighted by Crippen LogP contribution is -2.10. The van der Waals surface area contributed by atoms with Gasteiger partial charge in [0, 0.05) is 5.56 Å². The van der Waals surface area contributed by atoms with Gasteiger partial charge in [-0.05, 0) is 62.9 Å². The highest BCUT2D eigenvalue weighted by molar-refractivity contribution is 6.02. The molecule has 1 heteroatoms. The van der Waals surface area contributed by atoms with Crippen LogP contribution in [0, 0.1) is 0 Å². The summed E-state index contributed by atoms with van der Waals surface area (Å²) in [5.74, 6) is 0.971. The highest BCUT2D eigenvalue weighted by Gasteiger charge is 2.26. The molecule has 1 aliphatic carbocycles. The van der Waals surface area contributed by atoms with Crippen LogP contribution in [0.3, 0.4) is 0 Å². The van der Waals surface area contributed by atoms with E-state index in [0.29, 0.717) is 6.61 Å². The quantitative estimate of drug-likeness (QED) is 0.287. The summed E-state index contributed by atoms with van der Waals surface area (Å²) in [5.41, 5.74) is 9.65. The lowest BCUT2D eigenvalue weighted by Gasteiger charge is -2.20. The van der Waals surface area contributed by atoms with Crippen LogP contribution < -0.4 is 4.74 Å². The molecule has 0 aromatic heterocycles. The molecule has 0 heterocycles. The lowest BCUT2D eigenvalue weighted by atomic mass is 9.87. The van der Waals surface area contributed by atoms with Crippen molar-refractivity contribution in [1.29, 1.82) is 0 Å². The molecule has 1 aliphatic rings. The summed E-state index contributed by atoms with van der Waals surface area (Å²) >= 11 is 0. The molecule has 0 radical (unpaired) electrons. The second kappa shape index (κ2) is 9.14. The van der Waals surface area contributed by atoms with Gasteiger partial charge in [0.05, 0.1) is 0 Å². The Morgan fingerprint density at radius 2 is 1.53 bits per heavy atom. The molecule has 1 nitrogen and oxygen atoms in total. The van der Waals surface area contributed by atoms with E-state index in [2.05, 4.69) is 113 Å². The highest BCUT2D eigenvalue weighted by atomic mass is 16.5. The van der Waals surface area contributed by atoms with Crippen molar-refractivity contribution in [2.24, 2.45) is 0 Å². The van der Waals surface area contributed by atoms with Crippen LogP contribution in [0.15, 0.2) is 90.5 Å². The third kappa shape index (κ3) is 4.28. The van der Waals surface area contributed by atoms with Crippen molar-refractivity contribution in [2.45, 2.75) is 59.0 Å². The van der Waals surface area contributed by atoms with Crippen molar-refractivity contribution in [1.82, 2.24) is 0 Å². The van der Waals surface area contributed by atoms with Crippen LogP contribution in [0.2, 0.25) is 0 Å². The van der Waals surface area contributed by atoms with E-state index in [4.69, 9.17) is 4.74 Å². The summed E-state index contributed by atoms with van der Waals surface area (Å²) in [4.78, 5) is 0. The van der Waals surface area contributed by atoms with Crippen molar-refractivity contribution in [3.05, 3.63) is 118 Å². The summed E-state index contributed by atoms with van der Waals surface area (Å²) in [5, 5.41) is 2.52. The van der Waals surface area contributed by atoms with Gasteiger partial charge >= 0.3 is 0 Å². The normalized spacial score (nSPS) is 13.4. The number of hydrogen-bond donors (Lipinski definition) is 0. The van der Waals surface area contributed by atoms with E-state index in [0.717, 1.165) is 25.0 Å². The Labute approximate surface area is 204 Å². The Bertz CT molecular complexity index is 1350. The molecule has 0 unspecified atom stereocenters. The van der Waals surface area contributed by atoms with Gasteiger partial charge in [-0.15, -0.1) is 0 Å². The molecule has 5 rings (SSSR count). The summed E-state index contributed by atoms with van der Waals surface area (Å²) in [6, 6.07) is 30.8. The Balaban J connectivity index is 1.58. The zero-order valence-electron chi connectivity index (χ0n) is 20.8. The van der Waals surface area contributed by atoms with E-state index in [9.17, 15) is 0 Å². The first-order chi connectivity index (χ1) is 16.5. The second-order valence-corrected chi connectivity index (χ2v) is 10.5. The summed E-state index contributed by atoms with van der Waals surface area (Å²) < 4.78 is 6.58. The van der Waals surface area contributed by atoms with E-state index in [1.54, 1.807) is 0 Å². The van der Waals surface area contributed by atoms with Crippen LogP contribution in [0.5, 0.6) is 5.75 Å². The molecular weight excluding hydrogens is 412 g/mol. The maximum Gasteiger partial charge on any atom is 0.128 e. The predicted octanol–water partition coefficient (Wildman–Crippen LogP) is 8.87. The van der Waals surface area contributed by atoms with Crippen LogP contribution in [-0.4, -0.2) is 0 Å². The summed E-state index contributed by atoms with van der Waals surface area (Å²) in [6.07, 6.45) is 3.30. The topological polar surface area (TPSA) is 9.23 Å². The van der Waals surface area contributed by atoms with Gasteiger partial charge in [-0.2, -0.15) is 0 Å². The van der Waals surface area contributed by atoms with Crippen LogP contribution >= 0.6 is 0 Å². The molecule has 0 atom stereocenters. The Kier molecular flexibility index (Phi) is 6.04. The van der Waals surface area contributed by atoms with Crippen LogP contribution in [-0.2, 0) is 18.4 Å². The van der Waals surface area contributed by atoms with Crippen LogP contribution in [0.25, 0.3) is 16.3 Å². The van der Waals surface area contributed by atoms with Crippen molar-refractivity contribution in [3.8, 4) is 5.75 Å². The molecule has 0 saturated carbocycles. The smallest absolute Gasteiger partial charge is 0.128 e. The molecule has 4 aromatic carbocycles. The fourth-order valence-corrected chi connectivity index (χ4v) is 5.15. The number of benzene rings is 4. The number of allylic oxidation sites excluding steroid dienone is 1. The second-order valence-electron chi connectivity index (χ2n) is 10.5. The fraction of sp³-hybridized carbons (Fsp3) is 0.273. The van der Waals surface area contributed by atoms with Crippen LogP contribution in [0.1, 0.15) is 68.4 Å². The summed E-state index contributed by atoms with van der Waals surface area (Å²) in [7, 11) is 0. The largest absolute Gasteiger partial charge is 0.488 e.